The molecule has 37 heavy (non-hydrogen) atoms. The molecule has 0 amide bonds. The smallest absolute Gasteiger partial charge is 0.243 e. The molecule has 0 bridgehead atoms. The van der Waals surface area contributed by atoms with Gasteiger partial charge in [-0.15, -0.1) is 10.2 Å². The number of halogens is 1. The number of aliphatic hydroxyl groups is 1. The molecule has 0 aliphatic heterocycles. The lowest BCUT2D eigenvalue weighted by Crippen LogP contribution is -2.23. The minimum absolute atomic E-state index is 0.161. The van der Waals surface area contributed by atoms with Crippen LogP contribution in [0.4, 0.5) is 5.95 Å². The van der Waals surface area contributed by atoms with E-state index in [-0.39, 0.29) is 11.8 Å². The lowest BCUT2D eigenvalue weighted by molar-refractivity contribution is 0.202. The molecule has 194 valence electrons. The number of benzene rings is 2. The van der Waals surface area contributed by atoms with Crippen LogP contribution in [0.1, 0.15) is 11.7 Å². The number of ether oxygens (including phenoxy) is 3. The Bertz CT molecular complexity index is 1470. The van der Waals surface area contributed by atoms with Gasteiger partial charge in [0.25, 0.3) is 0 Å². The van der Waals surface area contributed by atoms with E-state index >= 15 is 0 Å². The third-order valence-corrected chi connectivity index (χ3v) is 6.83. The van der Waals surface area contributed by atoms with Crippen molar-refractivity contribution in [2.75, 3.05) is 31.8 Å². The normalized spacial score (nSPS) is 12.1. The number of nitrogens with one attached hydrogen (secondary N) is 1. The molecule has 0 aliphatic rings. The predicted octanol–water partition coefficient (Wildman–Crippen LogP) is 3.48. The van der Waals surface area contributed by atoms with E-state index in [4.69, 9.17) is 25.8 Å². The zero-order valence-electron chi connectivity index (χ0n) is 20.1. The topological polar surface area (TPSA) is 138 Å². The molecule has 11 nitrogen and oxygen atoms in total. The van der Waals surface area contributed by atoms with Crippen LogP contribution >= 0.6 is 11.6 Å². The number of para-hydroxylation sites is 1. The summed E-state index contributed by atoms with van der Waals surface area (Å²) in [5.41, 5.74) is 1.09. The van der Waals surface area contributed by atoms with Crippen LogP contribution < -0.4 is 18.9 Å². The second-order valence-electron chi connectivity index (χ2n) is 7.71. The molecule has 2 N–H and O–H groups in total. The van der Waals surface area contributed by atoms with Crippen molar-refractivity contribution in [2.45, 2.75) is 6.10 Å². The fourth-order valence-corrected chi connectivity index (χ4v) is 4.83. The fourth-order valence-electron chi connectivity index (χ4n) is 3.60. The summed E-state index contributed by atoms with van der Waals surface area (Å²) in [7, 11) is 0.293. The maximum absolute atomic E-state index is 13.1. The van der Waals surface area contributed by atoms with Crippen molar-refractivity contribution < 1.29 is 27.7 Å². The molecule has 2 aromatic heterocycles. The molecule has 2 heterocycles. The molecule has 0 aliphatic carbocycles. The van der Waals surface area contributed by atoms with Gasteiger partial charge in [-0.25, -0.2) is 13.4 Å². The number of rotatable bonds is 10. The zero-order chi connectivity index (χ0) is 26.6. The van der Waals surface area contributed by atoms with Gasteiger partial charge in [-0.05, 0) is 35.9 Å². The Balaban J connectivity index is 1.80. The summed E-state index contributed by atoms with van der Waals surface area (Å²) in [5.74, 6) is 0.447. The average Bonchev–Trinajstić information content (AvgIpc) is 3.30. The Labute approximate surface area is 218 Å². The Morgan fingerprint density at radius 1 is 0.946 bits per heavy atom. The van der Waals surface area contributed by atoms with Crippen molar-refractivity contribution >= 4 is 27.6 Å². The molecule has 0 radical (unpaired) electrons. The van der Waals surface area contributed by atoms with E-state index in [0.29, 0.717) is 39.3 Å². The van der Waals surface area contributed by atoms with Gasteiger partial charge in [0.15, 0.2) is 5.82 Å². The highest BCUT2D eigenvalue weighted by molar-refractivity contribution is 7.92. The summed E-state index contributed by atoms with van der Waals surface area (Å²) in [4.78, 5) is 4.41. The van der Waals surface area contributed by atoms with Crippen molar-refractivity contribution in [2.24, 2.45) is 0 Å². The van der Waals surface area contributed by atoms with Crippen molar-refractivity contribution in [3.63, 3.8) is 0 Å². The maximum atomic E-state index is 13.1. The van der Waals surface area contributed by atoms with Gasteiger partial charge >= 0.3 is 0 Å². The maximum Gasteiger partial charge on any atom is 0.243 e. The average molecular weight is 546 g/mol. The number of aliphatic hydroxyl groups excluding tert-OH is 1. The summed E-state index contributed by atoms with van der Waals surface area (Å²) in [5, 5.41) is 19.3. The number of methoxy groups -OCH3 is 3. The van der Waals surface area contributed by atoms with Gasteiger partial charge in [0.1, 0.15) is 22.9 Å². The van der Waals surface area contributed by atoms with E-state index in [1.807, 2.05) is 0 Å². The van der Waals surface area contributed by atoms with Crippen molar-refractivity contribution in [3.05, 3.63) is 71.2 Å². The number of hydrogen-bond donors (Lipinski definition) is 2. The summed E-state index contributed by atoms with van der Waals surface area (Å²) in [6.45, 7) is 0. The SMILES string of the molecule is COc1cccc(-c2nnc(NS(=O)(=O)C[C@@H](O)c3ccc(Cl)cc3)n2-c2c(OC)cccc2OC)n1. The molecular formula is C24H24ClN5O6S. The standard InChI is InChI=1S/C24H24ClN5O6S/c1-34-19-7-5-8-20(35-2)22(19)30-23(17-6-4-9-21(26-17)36-3)27-28-24(30)29-37(32,33)14-18(31)15-10-12-16(25)13-11-15/h4-13,18,31H,14H2,1-3H3,(H,28,29)/t18-/m1/s1. The van der Waals surface area contributed by atoms with E-state index in [1.165, 1.54) is 25.9 Å². The number of sulfonamides is 1. The number of aromatic nitrogens is 4. The summed E-state index contributed by atoms with van der Waals surface area (Å²) in [6, 6.07) is 16.4. The molecule has 2 aromatic carbocycles. The summed E-state index contributed by atoms with van der Waals surface area (Å²) in [6.07, 6.45) is -1.31. The van der Waals surface area contributed by atoms with Gasteiger partial charge in [-0.3, -0.25) is 9.29 Å². The van der Waals surface area contributed by atoms with Crippen molar-refractivity contribution in [3.8, 4) is 34.6 Å². The van der Waals surface area contributed by atoms with Gasteiger partial charge in [-0.2, -0.15) is 0 Å². The van der Waals surface area contributed by atoms with E-state index in [1.54, 1.807) is 60.7 Å². The number of pyridine rings is 1. The highest BCUT2D eigenvalue weighted by atomic mass is 35.5. The van der Waals surface area contributed by atoms with Gasteiger partial charge in [0.2, 0.25) is 21.9 Å². The minimum atomic E-state index is -4.13. The first kappa shape index (κ1) is 26.2. The zero-order valence-corrected chi connectivity index (χ0v) is 21.7. The lowest BCUT2D eigenvalue weighted by Gasteiger charge is -2.18. The van der Waals surface area contributed by atoms with Crippen LogP contribution in [0, 0.1) is 0 Å². The van der Waals surface area contributed by atoms with Crippen LogP contribution in [0.5, 0.6) is 17.4 Å². The number of anilines is 1. The second kappa shape index (κ2) is 11.0. The van der Waals surface area contributed by atoms with Crippen molar-refractivity contribution in [1.29, 1.82) is 0 Å². The molecule has 0 fully saturated rings. The first-order valence-corrected chi connectivity index (χ1v) is 12.9. The number of nitrogens with zero attached hydrogens (tertiary/aromatic N) is 4. The van der Waals surface area contributed by atoms with E-state index in [2.05, 4.69) is 19.9 Å². The molecule has 13 heteroatoms. The van der Waals surface area contributed by atoms with Crippen LogP contribution in [0.15, 0.2) is 60.7 Å². The molecule has 4 aromatic rings. The van der Waals surface area contributed by atoms with E-state index < -0.39 is 21.9 Å². The molecule has 0 unspecified atom stereocenters. The number of hydrogen-bond acceptors (Lipinski definition) is 9. The van der Waals surface area contributed by atoms with E-state index in [9.17, 15) is 13.5 Å². The summed E-state index contributed by atoms with van der Waals surface area (Å²) < 4.78 is 46.4. The van der Waals surface area contributed by atoms with Crippen LogP contribution in [-0.2, 0) is 10.0 Å². The molecule has 4 rings (SSSR count). The third kappa shape index (κ3) is 5.77. The third-order valence-electron chi connectivity index (χ3n) is 5.33. The molecule has 0 saturated carbocycles. The van der Waals surface area contributed by atoms with Gasteiger partial charge < -0.3 is 19.3 Å². The molecular weight excluding hydrogens is 522 g/mol. The first-order chi connectivity index (χ1) is 17.8. The Hall–Kier alpha value is -3.87. The van der Waals surface area contributed by atoms with Crippen LogP contribution in [0.3, 0.4) is 0 Å². The van der Waals surface area contributed by atoms with Crippen LogP contribution in [-0.4, -0.2) is 60.4 Å². The summed E-state index contributed by atoms with van der Waals surface area (Å²) >= 11 is 5.89. The monoisotopic (exact) mass is 545 g/mol. The lowest BCUT2D eigenvalue weighted by atomic mass is 10.1. The van der Waals surface area contributed by atoms with Crippen LogP contribution in [0.2, 0.25) is 5.02 Å². The van der Waals surface area contributed by atoms with Gasteiger partial charge in [0, 0.05) is 11.1 Å². The minimum Gasteiger partial charge on any atom is -0.494 e. The Kier molecular flexibility index (Phi) is 7.81. The Morgan fingerprint density at radius 2 is 1.59 bits per heavy atom. The molecule has 0 spiro atoms. The van der Waals surface area contributed by atoms with Crippen LogP contribution in [0.25, 0.3) is 17.2 Å². The highest BCUT2D eigenvalue weighted by Gasteiger charge is 2.27. The van der Waals surface area contributed by atoms with Gasteiger partial charge in [0.05, 0.1) is 33.2 Å². The molecule has 0 saturated heterocycles. The molecule has 1 atom stereocenters. The largest absolute Gasteiger partial charge is 0.494 e. The highest BCUT2D eigenvalue weighted by Crippen LogP contribution is 2.37. The van der Waals surface area contributed by atoms with E-state index in [0.717, 1.165) is 0 Å². The quantitative estimate of drug-likeness (QED) is 0.306. The predicted molar refractivity (Wildman–Crippen MR) is 138 cm³/mol. The van der Waals surface area contributed by atoms with Gasteiger partial charge in [-0.1, -0.05) is 35.9 Å². The first-order valence-electron chi connectivity index (χ1n) is 10.9. The fraction of sp³-hybridized carbons (Fsp3) is 0.208. The Morgan fingerprint density at radius 3 is 2.22 bits per heavy atom. The van der Waals surface area contributed by atoms with Crippen molar-refractivity contribution in [1.82, 2.24) is 19.7 Å². The second-order valence-corrected chi connectivity index (χ2v) is 9.91.